The highest BCUT2D eigenvalue weighted by atomic mass is 32.2. The second-order valence-electron chi connectivity index (χ2n) is 5.89. The van der Waals surface area contributed by atoms with Crippen molar-refractivity contribution in [2.24, 2.45) is 0 Å². The minimum atomic E-state index is 0.260. The van der Waals surface area contributed by atoms with E-state index in [1.165, 1.54) is 0 Å². The fourth-order valence-corrected chi connectivity index (χ4v) is 3.92. The van der Waals surface area contributed by atoms with Crippen LogP contribution in [0.1, 0.15) is 22.5 Å². The van der Waals surface area contributed by atoms with Gasteiger partial charge in [0.05, 0.1) is 30.4 Å². The summed E-state index contributed by atoms with van der Waals surface area (Å²) < 4.78 is 7.34. The molecule has 2 N–H and O–H groups in total. The molecule has 4 rings (SSSR count). The van der Waals surface area contributed by atoms with Gasteiger partial charge in [0.2, 0.25) is 5.95 Å². The summed E-state index contributed by atoms with van der Waals surface area (Å²) in [6.07, 6.45) is 5.91. The van der Waals surface area contributed by atoms with Gasteiger partial charge in [-0.15, -0.1) is 11.8 Å². The predicted molar refractivity (Wildman–Crippen MR) is 98.9 cm³/mol. The minimum Gasteiger partial charge on any atom is -0.496 e. The number of pyridine rings is 1. The number of methoxy groups -OCH3 is 1. The number of hydrogen-bond donors (Lipinski definition) is 1. The molecule has 0 aromatic carbocycles. The number of nitrogens with two attached hydrogens (primary N) is 1. The molecular weight excluding hydrogens is 336 g/mol. The summed E-state index contributed by atoms with van der Waals surface area (Å²) in [6.45, 7) is 4.49. The highest BCUT2D eigenvalue weighted by Crippen LogP contribution is 2.33. The van der Waals surface area contributed by atoms with Crippen molar-refractivity contribution in [2.45, 2.75) is 25.4 Å². The van der Waals surface area contributed by atoms with Crippen molar-refractivity contribution in [3.8, 4) is 5.75 Å². The van der Waals surface area contributed by atoms with E-state index in [4.69, 9.17) is 15.6 Å². The number of nitrogens with zero attached hydrogens (tertiary/aromatic N) is 5. The Morgan fingerprint density at radius 1 is 1.32 bits per heavy atom. The van der Waals surface area contributed by atoms with Gasteiger partial charge in [0.25, 0.3) is 0 Å². The molecule has 0 saturated carbocycles. The van der Waals surface area contributed by atoms with Gasteiger partial charge in [0.15, 0.2) is 5.65 Å². The number of anilines is 1. The van der Waals surface area contributed by atoms with Gasteiger partial charge in [0, 0.05) is 23.1 Å². The summed E-state index contributed by atoms with van der Waals surface area (Å²) in [5.41, 5.74) is 10.4. The first-order chi connectivity index (χ1) is 12.1. The molecule has 0 spiro atoms. The quantitative estimate of drug-likeness (QED) is 0.723. The Morgan fingerprint density at radius 2 is 2.16 bits per heavy atom. The van der Waals surface area contributed by atoms with Crippen LogP contribution < -0.4 is 10.5 Å². The Kier molecular flexibility index (Phi) is 3.84. The number of aryl methyl sites for hydroxylation is 1. The molecule has 0 bridgehead atoms. The molecule has 8 heteroatoms. The van der Waals surface area contributed by atoms with E-state index in [9.17, 15) is 0 Å². The largest absolute Gasteiger partial charge is 0.496 e. The maximum absolute atomic E-state index is 5.91. The lowest BCUT2D eigenvalue weighted by atomic mass is 10.1. The number of thioether (sulfide) groups is 1. The number of nitrogen functional groups attached to an aromatic ring is 1. The zero-order valence-corrected chi connectivity index (χ0v) is 15.1. The Balaban J connectivity index is 1.87. The molecule has 3 aromatic rings. The second-order valence-corrected chi connectivity index (χ2v) is 6.90. The van der Waals surface area contributed by atoms with Gasteiger partial charge >= 0.3 is 0 Å². The van der Waals surface area contributed by atoms with E-state index in [0.717, 1.165) is 50.1 Å². The van der Waals surface area contributed by atoms with Gasteiger partial charge in [0.1, 0.15) is 10.8 Å². The molecule has 0 aliphatic carbocycles. The third-order valence-corrected chi connectivity index (χ3v) is 5.17. The second kappa shape index (κ2) is 6.03. The lowest BCUT2D eigenvalue weighted by Crippen LogP contribution is -2.09. The van der Waals surface area contributed by atoms with Gasteiger partial charge < -0.3 is 10.5 Å². The molecular formula is C17H18N6OS. The fourth-order valence-electron chi connectivity index (χ4n) is 3.07. The van der Waals surface area contributed by atoms with E-state index in [2.05, 4.69) is 21.0 Å². The van der Waals surface area contributed by atoms with Gasteiger partial charge in [-0.3, -0.25) is 4.98 Å². The Labute approximate surface area is 149 Å². The molecule has 0 saturated heterocycles. The van der Waals surface area contributed by atoms with Crippen molar-refractivity contribution in [3.05, 3.63) is 34.8 Å². The van der Waals surface area contributed by atoms with Crippen molar-refractivity contribution in [2.75, 3.05) is 18.6 Å². The van der Waals surface area contributed by atoms with Crippen LogP contribution in [0.25, 0.3) is 17.1 Å². The zero-order valence-electron chi connectivity index (χ0n) is 14.3. The summed E-state index contributed by atoms with van der Waals surface area (Å²) in [7, 11) is 1.68. The smallest absolute Gasteiger partial charge is 0.223 e. The van der Waals surface area contributed by atoms with Crippen LogP contribution in [-0.2, 0) is 6.54 Å². The molecule has 0 unspecified atom stereocenters. The molecule has 128 valence electrons. The molecule has 0 radical (unpaired) electrons. The van der Waals surface area contributed by atoms with Crippen LogP contribution in [0.3, 0.4) is 0 Å². The van der Waals surface area contributed by atoms with Crippen LogP contribution in [-0.4, -0.2) is 37.6 Å². The standard InChI is InChI=1S/C17H18N6OS/c1-9-7-19-12(10(2)14(9)24-3)8-23-15-13-11(22-23)5-4-6-25-16(13)21-17(18)20-15/h4-5,7H,6,8H2,1-3H3,(H2,18,20,21). The summed E-state index contributed by atoms with van der Waals surface area (Å²) in [4.78, 5) is 13.4. The first-order valence-corrected chi connectivity index (χ1v) is 8.89. The summed E-state index contributed by atoms with van der Waals surface area (Å²) >= 11 is 1.64. The highest BCUT2D eigenvalue weighted by molar-refractivity contribution is 7.99. The Morgan fingerprint density at radius 3 is 2.96 bits per heavy atom. The number of aromatic nitrogens is 5. The average molecular weight is 354 g/mol. The molecule has 0 atom stereocenters. The molecule has 4 heterocycles. The first kappa shape index (κ1) is 15.9. The van der Waals surface area contributed by atoms with Crippen LogP contribution >= 0.6 is 11.8 Å². The summed E-state index contributed by atoms with van der Waals surface area (Å²) in [5.74, 6) is 1.96. The van der Waals surface area contributed by atoms with Crippen molar-refractivity contribution >= 4 is 34.8 Å². The van der Waals surface area contributed by atoms with E-state index in [0.29, 0.717) is 6.54 Å². The van der Waals surface area contributed by atoms with E-state index < -0.39 is 0 Å². The van der Waals surface area contributed by atoms with Crippen molar-refractivity contribution in [3.63, 3.8) is 0 Å². The summed E-state index contributed by atoms with van der Waals surface area (Å²) in [6, 6.07) is 0. The average Bonchev–Trinajstić information content (AvgIpc) is 2.78. The number of hydrogen-bond acceptors (Lipinski definition) is 7. The first-order valence-electron chi connectivity index (χ1n) is 7.91. The third kappa shape index (κ3) is 2.62. The fraction of sp³-hybridized carbons (Fsp3) is 0.294. The van der Waals surface area contributed by atoms with Gasteiger partial charge in [-0.25, -0.2) is 9.67 Å². The number of rotatable bonds is 3. The van der Waals surface area contributed by atoms with Crippen LogP contribution in [0.5, 0.6) is 5.75 Å². The molecule has 1 aliphatic heterocycles. The van der Waals surface area contributed by atoms with Crippen LogP contribution in [0.4, 0.5) is 5.95 Å². The minimum absolute atomic E-state index is 0.260. The molecule has 0 fully saturated rings. The molecule has 3 aromatic heterocycles. The van der Waals surface area contributed by atoms with E-state index in [1.807, 2.05) is 30.8 Å². The molecule has 1 aliphatic rings. The Bertz CT molecular complexity index is 1010. The van der Waals surface area contributed by atoms with Crippen LogP contribution in [0.15, 0.2) is 17.3 Å². The van der Waals surface area contributed by atoms with E-state index in [-0.39, 0.29) is 5.95 Å². The van der Waals surface area contributed by atoms with Crippen molar-refractivity contribution < 1.29 is 4.74 Å². The maximum Gasteiger partial charge on any atom is 0.223 e. The maximum atomic E-state index is 5.91. The molecule has 0 amide bonds. The number of ether oxygens (including phenoxy) is 1. The lowest BCUT2D eigenvalue weighted by Gasteiger charge is -2.12. The van der Waals surface area contributed by atoms with Crippen molar-refractivity contribution in [1.82, 2.24) is 24.7 Å². The Hall–Kier alpha value is -2.61. The normalized spacial score (nSPS) is 13.2. The van der Waals surface area contributed by atoms with Crippen LogP contribution in [0.2, 0.25) is 0 Å². The molecule has 7 nitrogen and oxygen atoms in total. The van der Waals surface area contributed by atoms with Gasteiger partial charge in [-0.05, 0) is 19.9 Å². The van der Waals surface area contributed by atoms with E-state index >= 15 is 0 Å². The third-order valence-electron chi connectivity index (χ3n) is 4.24. The predicted octanol–water partition coefficient (Wildman–Crippen LogP) is 2.60. The molecule has 25 heavy (non-hydrogen) atoms. The van der Waals surface area contributed by atoms with Gasteiger partial charge in [-0.2, -0.15) is 10.1 Å². The summed E-state index contributed by atoms with van der Waals surface area (Å²) in [5, 5.41) is 6.54. The van der Waals surface area contributed by atoms with Gasteiger partial charge in [-0.1, -0.05) is 6.08 Å². The lowest BCUT2D eigenvalue weighted by molar-refractivity contribution is 0.406. The topological polar surface area (TPSA) is 91.7 Å². The monoisotopic (exact) mass is 354 g/mol. The zero-order chi connectivity index (χ0) is 17.6. The van der Waals surface area contributed by atoms with Crippen molar-refractivity contribution in [1.29, 1.82) is 0 Å². The highest BCUT2D eigenvalue weighted by Gasteiger charge is 2.20. The SMILES string of the molecule is COc1c(C)cnc(Cn2nc3c4c(nc(N)nc42)SCC=C3)c1C. The van der Waals surface area contributed by atoms with E-state index in [1.54, 1.807) is 18.9 Å². The van der Waals surface area contributed by atoms with Crippen LogP contribution in [0, 0.1) is 13.8 Å².